The molecule has 0 spiro atoms. The second kappa shape index (κ2) is 9.58. The van der Waals surface area contributed by atoms with Crippen molar-refractivity contribution in [2.75, 3.05) is 0 Å². The third-order valence-corrected chi connectivity index (χ3v) is 1.23. The highest BCUT2D eigenvalue weighted by Gasteiger charge is 2.00. The van der Waals surface area contributed by atoms with E-state index in [0.29, 0.717) is 6.08 Å². The molecule has 0 aliphatic heterocycles. The summed E-state index contributed by atoms with van der Waals surface area (Å²) in [6.07, 6.45) is 2.27. The average molecular weight is 260 g/mol. The van der Waals surface area contributed by atoms with Gasteiger partial charge in [0.15, 0.2) is 0 Å². The monoisotopic (exact) mass is 260 g/mol. The Morgan fingerprint density at radius 3 is 1.67 bits per heavy atom. The van der Waals surface area contributed by atoms with Gasteiger partial charge in [0, 0.05) is 17.7 Å². The van der Waals surface area contributed by atoms with Gasteiger partial charge in [-0.25, -0.2) is 14.4 Å². The van der Waals surface area contributed by atoms with Crippen molar-refractivity contribution in [2.45, 2.75) is 13.3 Å². The van der Waals surface area contributed by atoms with E-state index in [1.54, 1.807) is 0 Å². The summed E-state index contributed by atoms with van der Waals surface area (Å²) < 4.78 is 0. The highest BCUT2D eigenvalue weighted by molar-refractivity contribution is 5.94. The normalized spacial score (nSPS) is 10.4. The third-order valence-electron chi connectivity index (χ3n) is 1.23. The summed E-state index contributed by atoms with van der Waals surface area (Å²) in [6, 6.07) is 0. The second-order valence-corrected chi connectivity index (χ2v) is 2.81. The van der Waals surface area contributed by atoms with Crippen LogP contribution < -0.4 is 0 Å². The molecule has 0 unspecified atom stereocenters. The Hall–Kier alpha value is -2.64. The first kappa shape index (κ1) is 17.7. The van der Waals surface area contributed by atoms with Crippen LogP contribution in [0.2, 0.25) is 0 Å². The molecule has 0 saturated carbocycles. The molecule has 0 fully saturated rings. The Labute approximate surface area is 101 Å². The molecule has 0 bridgehead atoms. The van der Waals surface area contributed by atoms with Crippen LogP contribution in [0, 0.1) is 0 Å². The fourth-order valence-corrected chi connectivity index (χ4v) is 0.508. The van der Waals surface area contributed by atoms with Gasteiger partial charge in [-0.05, 0) is 6.92 Å². The van der Waals surface area contributed by atoms with Gasteiger partial charge in [0.05, 0.1) is 6.42 Å². The summed E-state index contributed by atoms with van der Waals surface area (Å²) in [5.74, 6) is -4.61. The van der Waals surface area contributed by atoms with E-state index in [4.69, 9.17) is 20.4 Å². The summed E-state index contributed by atoms with van der Waals surface area (Å²) in [5.41, 5.74) is -0.178. The van der Waals surface area contributed by atoms with E-state index in [0.717, 1.165) is 12.2 Å². The molecule has 0 atom stereocenters. The molecular formula is C10H12O8. The lowest BCUT2D eigenvalue weighted by Gasteiger charge is -1.86. The fraction of sp³-hybridized carbons (Fsp3) is 0.200. The fourth-order valence-electron chi connectivity index (χ4n) is 0.508. The van der Waals surface area contributed by atoms with Gasteiger partial charge in [-0.2, -0.15) is 0 Å². The molecule has 0 radical (unpaired) electrons. The molecule has 0 amide bonds. The van der Waals surface area contributed by atoms with Gasteiger partial charge in [0.1, 0.15) is 0 Å². The minimum atomic E-state index is -1.24. The maximum Gasteiger partial charge on any atom is 0.331 e. The zero-order valence-electron chi connectivity index (χ0n) is 9.36. The number of aliphatic carboxylic acids is 4. The van der Waals surface area contributed by atoms with Crippen molar-refractivity contribution in [1.29, 1.82) is 0 Å². The molecule has 18 heavy (non-hydrogen) atoms. The third kappa shape index (κ3) is 15.8. The Balaban J connectivity index is 0. The highest BCUT2D eigenvalue weighted by Crippen LogP contribution is 1.89. The van der Waals surface area contributed by atoms with Crippen LogP contribution in [0.4, 0.5) is 0 Å². The van der Waals surface area contributed by atoms with Crippen molar-refractivity contribution in [3.63, 3.8) is 0 Å². The topological polar surface area (TPSA) is 149 Å². The van der Waals surface area contributed by atoms with Crippen LogP contribution in [0.25, 0.3) is 0 Å². The maximum absolute atomic E-state index is 9.90. The van der Waals surface area contributed by atoms with Crippen molar-refractivity contribution in [3.05, 3.63) is 23.8 Å². The summed E-state index contributed by atoms with van der Waals surface area (Å²) in [4.78, 5) is 39.1. The molecule has 0 aromatic heterocycles. The summed E-state index contributed by atoms with van der Waals surface area (Å²) >= 11 is 0. The first-order chi connectivity index (χ1) is 8.16. The Morgan fingerprint density at radius 1 is 0.944 bits per heavy atom. The first-order valence-corrected chi connectivity index (χ1v) is 4.42. The number of carbonyl (C=O) groups is 4. The molecule has 0 aliphatic carbocycles. The lowest BCUT2D eigenvalue weighted by Crippen LogP contribution is -1.99. The van der Waals surface area contributed by atoms with E-state index in [9.17, 15) is 19.2 Å². The van der Waals surface area contributed by atoms with Crippen molar-refractivity contribution < 1.29 is 39.6 Å². The van der Waals surface area contributed by atoms with E-state index in [1.165, 1.54) is 6.92 Å². The Bertz CT molecular complexity index is 391. The van der Waals surface area contributed by atoms with Gasteiger partial charge in [0.25, 0.3) is 0 Å². The molecule has 8 heteroatoms. The number of carboxylic acids is 4. The molecule has 0 aromatic rings. The molecule has 0 heterocycles. The predicted molar refractivity (Wildman–Crippen MR) is 58.1 cm³/mol. The van der Waals surface area contributed by atoms with Crippen LogP contribution in [-0.4, -0.2) is 44.3 Å². The van der Waals surface area contributed by atoms with Crippen LogP contribution in [0.3, 0.4) is 0 Å². The molecule has 100 valence electrons. The largest absolute Gasteiger partial charge is 0.481 e. The van der Waals surface area contributed by atoms with E-state index in [-0.39, 0.29) is 12.0 Å². The SMILES string of the molecule is C/C(=C/C(=O)O)C(=O)O.O=C(O)/C=C/CC(=O)O. The van der Waals surface area contributed by atoms with E-state index >= 15 is 0 Å². The zero-order chi connectivity index (χ0) is 14.7. The van der Waals surface area contributed by atoms with Crippen molar-refractivity contribution in [1.82, 2.24) is 0 Å². The zero-order valence-corrected chi connectivity index (χ0v) is 9.36. The van der Waals surface area contributed by atoms with Crippen LogP contribution >= 0.6 is 0 Å². The van der Waals surface area contributed by atoms with Crippen molar-refractivity contribution in [3.8, 4) is 0 Å². The minimum Gasteiger partial charge on any atom is -0.481 e. The molecule has 0 rings (SSSR count). The minimum absolute atomic E-state index is 0.178. The number of hydrogen-bond donors (Lipinski definition) is 4. The predicted octanol–water partition coefficient (Wildman–Crippen LogP) is 0.204. The second-order valence-electron chi connectivity index (χ2n) is 2.81. The lowest BCUT2D eigenvalue weighted by molar-refractivity contribution is -0.136. The first-order valence-electron chi connectivity index (χ1n) is 4.42. The lowest BCUT2D eigenvalue weighted by atomic mass is 10.3. The van der Waals surface area contributed by atoms with Gasteiger partial charge >= 0.3 is 23.9 Å². The average Bonchev–Trinajstić information content (AvgIpc) is 2.15. The van der Waals surface area contributed by atoms with Crippen molar-refractivity contribution in [2.24, 2.45) is 0 Å². The Morgan fingerprint density at radius 2 is 1.44 bits per heavy atom. The van der Waals surface area contributed by atoms with E-state index in [1.807, 2.05) is 0 Å². The van der Waals surface area contributed by atoms with Crippen LogP contribution in [0.15, 0.2) is 23.8 Å². The Kier molecular flexibility index (Phi) is 9.44. The molecule has 0 saturated heterocycles. The van der Waals surface area contributed by atoms with Gasteiger partial charge < -0.3 is 20.4 Å². The van der Waals surface area contributed by atoms with E-state index in [2.05, 4.69) is 0 Å². The number of carboxylic acid groups (broad SMARTS) is 4. The maximum atomic E-state index is 9.90. The van der Waals surface area contributed by atoms with Gasteiger partial charge in [-0.3, -0.25) is 4.79 Å². The smallest absolute Gasteiger partial charge is 0.331 e. The van der Waals surface area contributed by atoms with Gasteiger partial charge in [0.2, 0.25) is 0 Å². The standard InChI is InChI=1S/2C5H6O4/c1-3(5(8)9)2-4(6)7;6-4(7)2-1-3-5(8)9/h2H,1H3,(H,6,7)(H,8,9);1-2H,3H2,(H,6,7)(H,8,9)/b3-2-;2-1+. The van der Waals surface area contributed by atoms with Crippen molar-refractivity contribution >= 4 is 23.9 Å². The van der Waals surface area contributed by atoms with Crippen LogP contribution in [-0.2, 0) is 19.2 Å². The molecule has 8 nitrogen and oxygen atoms in total. The summed E-state index contributed by atoms with van der Waals surface area (Å²) in [6.45, 7) is 1.22. The molecule has 0 aromatic carbocycles. The van der Waals surface area contributed by atoms with Crippen LogP contribution in [0.5, 0.6) is 0 Å². The molecule has 4 N–H and O–H groups in total. The van der Waals surface area contributed by atoms with Gasteiger partial charge in [-0.15, -0.1) is 0 Å². The van der Waals surface area contributed by atoms with E-state index < -0.39 is 23.9 Å². The molecular weight excluding hydrogens is 248 g/mol. The van der Waals surface area contributed by atoms with Crippen LogP contribution in [0.1, 0.15) is 13.3 Å². The summed E-state index contributed by atoms with van der Waals surface area (Å²) in [5, 5.41) is 32.0. The molecule has 0 aliphatic rings. The number of rotatable bonds is 5. The highest BCUT2D eigenvalue weighted by atomic mass is 16.4. The van der Waals surface area contributed by atoms with Gasteiger partial charge in [-0.1, -0.05) is 6.08 Å². The number of hydrogen-bond acceptors (Lipinski definition) is 4. The quantitative estimate of drug-likeness (QED) is 0.512. The summed E-state index contributed by atoms with van der Waals surface area (Å²) in [7, 11) is 0.